The lowest BCUT2D eigenvalue weighted by Crippen LogP contribution is -2.37. The maximum atomic E-state index is 11.5. The Balaban J connectivity index is 2.31. The summed E-state index contributed by atoms with van der Waals surface area (Å²) in [6.45, 7) is 1.54. The first-order chi connectivity index (χ1) is 9.67. The van der Waals surface area contributed by atoms with Gasteiger partial charge in [0.15, 0.2) is 0 Å². The highest BCUT2D eigenvalue weighted by molar-refractivity contribution is 5.78. The number of benzene rings is 1. The molecule has 0 aliphatic rings. The molecule has 112 valence electrons. The van der Waals surface area contributed by atoms with Gasteiger partial charge in [-0.25, -0.2) is 0 Å². The molecule has 0 aromatic heterocycles. The van der Waals surface area contributed by atoms with Gasteiger partial charge in [0.25, 0.3) is 0 Å². The predicted molar refractivity (Wildman–Crippen MR) is 75.7 cm³/mol. The van der Waals surface area contributed by atoms with Crippen LogP contribution in [0.25, 0.3) is 0 Å². The van der Waals surface area contributed by atoms with E-state index < -0.39 is 6.10 Å². The van der Waals surface area contributed by atoms with Gasteiger partial charge in [0.1, 0.15) is 5.75 Å². The summed E-state index contributed by atoms with van der Waals surface area (Å²) in [5.41, 5.74) is 0.706. The van der Waals surface area contributed by atoms with Gasteiger partial charge in [-0.1, -0.05) is 12.1 Å². The van der Waals surface area contributed by atoms with E-state index in [0.29, 0.717) is 24.5 Å². The van der Waals surface area contributed by atoms with Gasteiger partial charge >= 0.3 is 0 Å². The molecule has 0 radical (unpaired) electrons. The third-order valence-corrected chi connectivity index (χ3v) is 2.74. The van der Waals surface area contributed by atoms with Crippen molar-refractivity contribution in [2.75, 3.05) is 40.5 Å². The van der Waals surface area contributed by atoms with Crippen LogP contribution < -0.4 is 15.4 Å². The summed E-state index contributed by atoms with van der Waals surface area (Å²) >= 11 is 0. The van der Waals surface area contributed by atoms with Gasteiger partial charge in [-0.15, -0.1) is 0 Å². The summed E-state index contributed by atoms with van der Waals surface area (Å²) in [6, 6.07) is 7.13. The van der Waals surface area contributed by atoms with Crippen molar-refractivity contribution in [1.29, 1.82) is 0 Å². The first kappa shape index (κ1) is 16.4. The second-order valence-corrected chi connectivity index (χ2v) is 4.27. The Kier molecular flexibility index (Phi) is 7.64. The van der Waals surface area contributed by atoms with Crippen LogP contribution in [0.1, 0.15) is 11.7 Å². The second kappa shape index (κ2) is 9.30. The fourth-order valence-corrected chi connectivity index (χ4v) is 1.62. The van der Waals surface area contributed by atoms with Gasteiger partial charge in [0.05, 0.1) is 26.4 Å². The number of amides is 1. The molecule has 1 rings (SSSR count). The molecule has 0 aliphatic carbocycles. The smallest absolute Gasteiger partial charge is 0.234 e. The minimum atomic E-state index is -0.756. The molecule has 20 heavy (non-hydrogen) atoms. The van der Waals surface area contributed by atoms with Crippen molar-refractivity contribution in [2.45, 2.75) is 6.10 Å². The Bertz CT molecular complexity index is 412. The molecule has 0 saturated heterocycles. The first-order valence-electron chi connectivity index (χ1n) is 6.45. The van der Waals surface area contributed by atoms with E-state index in [-0.39, 0.29) is 19.0 Å². The molecule has 1 atom stereocenters. The fraction of sp³-hybridized carbons (Fsp3) is 0.500. The molecule has 6 nitrogen and oxygen atoms in total. The number of hydrogen-bond acceptors (Lipinski definition) is 5. The molecule has 1 aromatic rings. The lowest BCUT2D eigenvalue weighted by molar-refractivity contribution is -0.120. The molecule has 0 aliphatic heterocycles. The number of carbonyl (C=O) groups is 1. The first-order valence-corrected chi connectivity index (χ1v) is 6.45. The van der Waals surface area contributed by atoms with Crippen LogP contribution in [0.15, 0.2) is 24.3 Å². The molecule has 0 heterocycles. The minimum absolute atomic E-state index is 0.164. The van der Waals surface area contributed by atoms with Crippen LogP contribution in [0.4, 0.5) is 0 Å². The van der Waals surface area contributed by atoms with Crippen molar-refractivity contribution in [3.63, 3.8) is 0 Å². The second-order valence-electron chi connectivity index (χ2n) is 4.27. The normalized spacial score (nSPS) is 11.9. The van der Waals surface area contributed by atoms with Crippen molar-refractivity contribution in [2.24, 2.45) is 0 Å². The van der Waals surface area contributed by atoms with Gasteiger partial charge < -0.3 is 25.2 Å². The number of methoxy groups -OCH3 is 2. The lowest BCUT2D eigenvalue weighted by Gasteiger charge is -2.13. The van der Waals surface area contributed by atoms with E-state index in [4.69, 9.17) is 9.47 Å². The Hall–Kier alpha value is -1.63. The van der Waals surface area contributed by atoms with Crippen LogP contribution >= 0.6 is 0 Å². The van der Waals surface area contributed by atoms with Crippen molar-refractivity contribution < 1.29 is 19.4 Å². The Labute approximate surface area is 119 Å². The van der Waals surface area contributed by atoms with Crippen LogP contribution in [0.5, 0.6) is 5.75 Å². The molecule has 0 spiro atoms. The third-order valence-electron chi connectivity index (χ3n) is 2.74. The Morgan fingerprint density at radius 2 is 2.20 bits per heavy atom. The van der Waals surface area contributed by atoms with E-state index in [1.807, 2.05) is 0 Å². The van der Waals surface area contributed by atoms with Gasteiger partial charge in [-0.3, -0.25) is 4.79 Å². The maximum Gasteiger partial charge on any atom is 0.234 e. The van der Waals surface area contributed by atoms with Gasteiger partial charge in [-0.05, 0) is 17.7 Å². The Morgan fingerprint density at radius 1 is 1.40 bits per heavy atom. The highest BCUT2D eigenvalue weighted by Gasteiger charge is 2.10. The Morgan fingerprint density at radius 3 is 2.90 bits per heavy atom. The van der Waals surface area contributed by atoms with Crippen LogP contribution in [-0.4, -0.2) is 51.5 Å². The number of ether oxygens (including phenoxy) is 2. The standard InChI is InChI=1S/C14H22N2O4/c1-19-7-6-15-10-14(18)16-9-13(17)11-4-3-5-12(8-11)20-2/h3-5,8,13,15,17H,6-7,9-10H2,1-2H3,(H,16,18). The molecule has 0 fully saturated rings. The predicted octanol–water partition coefficient (Wildman–Crippen LogP) is 0.0808. The molecule has 0 saturated carbocycles. The molecule has 3 N–H and O–H groups in total. The molecular formula is C14H22N2O4. The number of aliphatic hydroxyl groups is 1. The topological polar surface area (TPSA) is 79.8 Å². The monoisotopic (exact) mass is 282 g/mol. The zero-order chi connectivity index (χ0) is 14.8. The lowest BCUT2D eigenvalue weighted by atomic mass is 10.1. The summed E-state index contributed by atoms with van der Waals surface area (Å²) in [7, 11) is 3.17. The van der Waals surface area contributed by atoms with Crippen LogP contribution in [-0.2, 0) is 9.53 Å². The van der Waals surface area contributed by atoms with Crippen LogP contribution in [0, 0.1) is 0 Å². The van der Waals surface area contributed by atoms with Crippen molar-refractivity contribution >= 4 is 5.91 Å². The van der Waals surface area contributed by atoms with Gasteiger partial charge in [-0.2, -0.15) is 0 Å². The highest BCUT2D eigenvalue weighted by Crippen LogP contribution is 2.18. The quantitative estimate of drug-likeness (QED) is 0.559. The zero-order valence-corrected chi connectivity index (χ0v) is 11.9. The summed E-state index contributed by atoms with van der Waals surface area (Å²) in [5, 5.41) is 15.6. The van der Waals surface area contributed by atoms with Gasteiger partial charge in [0.2, 0.25) is 5.91 Å². The van der Waals surface area contributed by atoms with Gasteiger partial charge in [0, 0.05) is 20.2 Å². The average molecular weight is 282 g/mol. The van der Waals surface area contributed by atoms with Crippen LogP contribution in [0.2, 0.25) is 0 Å². The number of nitrogens with one attached hydrogen (secondary N) is 2. The van der Waals surface area contributed by atoms with E-state index in [0.717, 1.165) is 0 Å². The molecule has 1 unspecified atom stereocenters. The van der Waals surface area contributed by atoms with E-state index in [2.05, 4.69) is 10.6 Å². The molecule has 1 aromatic carbocycles. The van der Waals surface area contributed by atoms with Crippen molar-refractivity contribution in [1.82, 2.24) is 10.6 Å². The highest BCUT2D eigenvalue weighted by atomic mass is 16.5. The number of carbonyl (C=O) groups excluding carboxylic acids is 1. The third kappa shape index (κ3) is 6.01. The van der Waals surface area contributed by atoms with Crippen LogP contribution in [0.3, 0.4) is 0 Å². The molecular weight excluding hydrogens is 260 g/mol. The van der Waals surface area contributed by atoms with E-state index in [1.54, 1.807) is 38.5 Å². The zero-order valence-electron chi connectivity index (χ0n) is 11.9. The van der Waals surface area contributed by atoms with E-state index >= 15 is 0 Å². The largest absolute Gasteiger partial charge is 0.497 e. The number of rotatable bonds is 9. The summed E-state index contributed by atoms with van der Waals surface area (Å²) < 4.78 is 9.94. The summed E-state index contributed by atoms with van der Waals surface area (Å²) in [6.07, 6.45) is -0.756. The van der Waals surface area contributed by atoms with Crippen molar-refractivity contribution in [3.8, 4) is 5.75 Å². The molecule has 6 heteroatoms. The van der Waals surface area contributed by atoms with E-state index in [9.17, 15) is 9.90 Å². The van der Waals surface area contributed by atoms with Crippen molar-refractivity contribution in [3.05, 3.63) is 29.8 Å². The molecule has 1 amide bonds. The number of aliphatic hydroxyl groups excluding tert-OH is 1. The summed E-state index contributed by atoms with van der Waals surface area (Å²) in [5.74, 6) is 0.511. The number of hydrogen-bond donors (Lipinski definition) is 3. The fourth-order valence-electron chi connectivity index (χ4n) is 1.62. The summed E-state index contributed by atoms with van der Waals surface area (Å²) in [4.78, 5) is 11.5. The minimum Gasteiger partial charge on any atom is -0.497 e. The maximum absolute atomic E-state index is 11.5. The average Bonchev–Trinajstić information content (AvgIpc) is 2.49. The van der Waals surface area contributed by atoms with E-state index in [1.165, 1.54) is 0 Å². The SMILES string of the molecule is COCCNCC(=O)NCC(O)c1cccc(OC)c1. The molecule has 0 bridgehead atoms.